The lowest BCUT2D eigenvalue weighted by Crippen LogP contribution is -2.38. The van der Waals surface area contributed by atoms with Crippen LogP contribution in [0.4, 0.5) is 0 Å². The zero-order valence-electron chi connectivity index (χ0n) is 10.2. The van der Waals surface area contributed by atoms with Crippen LogP contribution in [0.5, 0.6) is 5.75 Å². The molecule has 1 aromatic rings. The minimum atomic E-state index is -0.292. The third-order valence-electron chi connectivity index (χ3n) is 3.62. The van der Waals surface area contributed by atoms with Crippen LogP contribution in [0.1, 0.15) is 25.7 Å². The Hall–Kier alpha value is -0.580. The maximum Gasteiger partial charge on any atom is 0.168 e. The molecule has 1 saturated carbocycles. The Morgan fingerprint density at radius 3 is 2.28 bits per heavy atom. The van der Waals surface area contributed by atoms with Crippen LogP contribution in [0.2, 0.25) is 0 Å². The number of hydrogen-bond acceptors (Lipinski definition) is 3. The van der Waals surface area contributed by atoms with Gasteiger partial charge in [0.25, 0.3) is 0 Å². The third-order valence-corrected chi connectivity index (χ3v) is 4.15. The molecule has 3 nitrogen and oxygen atoms in total. The number of hydrogen-bond donors (Lipinski definition) is 0. The van der Waals surface area contributed by atoms with Crippen LogP contribution in [0.15, 0.2) is 28.7 Å². The first kappa shape index (κ1) is 12.5. The van der Waals surface area contributed by atoms with Crippen molar-refractivity contribution in [1.29, 1.82) is 0 Å². The second-order valence-corrected chi connectivity index (χ2v) is 5.79. The molecule has 1 aliphatic heterocycles. The van der Waals surface area contributed by atoms with Gasteiger partial charge in [0.2, 0.25) is 0 Å². The fourth-order valence-electron chi connectivity index (χ4n) is 2.64. The molecular weight excluding hydrogens is 296 g/mol. The molecule has 18 heavy (non-hydrogen) atoms. The van der Waals surface area contributed by atoms with Crippen LogP contribution >= 0.6 is 15.9 Å². The van der Waals surface area contributed by atoms with Gasteiger partial charge in [-0.25, -0.2) is 0 Å². The third kappa shape index (κ3) is 2.71. The van der Waals surface area contributed by atoms with E-state index in [1.165, 1.54) is 0 Å². The molecular formula is C14H17BrO3. The van der Waals surface area contributed by atoms with Crippen molar-refractivity contribution in [2.24, 2.45) is 0 Å². The summed E-state index contributed by atoms with van der Waals surface area (Å²) in [6.45, 7) is 1.47. The Morgan fingerprint density at radius 2 is 1.67 bits per heavy atom. The van der Waals surface area contributed by atoms with E-state index in [0.717, 1.165) is 49.1 Å². The smallest absolute Gasteiger partial charge is 0.168 e. The Kier molecular flexibility index (Phi) is 3.59. The van der Waals surface area contributed by atoms with E-state index in [9.17, 15) is 0 Å². The Labute approximate surface area is 116 Å². The molecule has 0 atom stereocenters. The molecule has 4 heteroatoms. The lowest BCUT2D eigenvalue weighted by Gasteiger charge is -2.35. The summed E-state index contributed by atoms with van der Waals surface area (Å²) in [5.41, 5.74) is 0. The van der Waals surface area contributed by atoms with Gasteiger partial charge in [-0.05, 0) is 37.1 Å². The van der Waals surface area contributed by atoms with Crippen molar-refractivity contribution in [2.45, 2.75) is 37.6 Å². The summed E-state index contributed by atoms with van der Waals surface area (Å²) in [4.78, 5) is 0. The number of benzene rings is 1. The summed E-state index contributed by atoms with van der Waals surface area (Å²) in [7, 11) is 0. The lowest BCUT2D eigenvalue weighted by atomic mass is 9.92. The quantitative estimate of drug-likeness (QED) is 0.836. The highest BCUT2D eigenvalue weighted by atomic mass is 79.9. The molecule has 98 valence electrons. The van der Waals surface area contributed by atoms with Gasteiger partial charge in [-0.1, -0.05) is 15.9 Å². The van der Waals surface area contributed by atoms with Crippen LogP contribution in [-0.2, 0) is 9.47 Å². The zero-order valence-corrected chi connectivity index (χ0v) is 11.8. The average Bonchev–Trinajstić information content (AvgIpc) is 2.84. The Morgan fingerprint density at radius 1 is 1.06 bits per heavy atom. The van der Waals surface area contributed by atoms with Crippen molar-refractivity contribution in [1.82, 2.24) is 0 Å². The van der Waals surface area contributed by atoms with Gasteiger partial charge in [-0.2, -0.15) is 0 Å². The van der Waals surface area contributed by atoms with E-state index in [2.05, 4.69) is 15.9 Å². The van der Waals surface area contributed by atoms with Crippen molar-refractivity contribution >= 4 is 15.9 Å². The van der Waals surface area contributed by atoms with E-state index in [1.807, 2.05) is 24.3 Å². The fraction of sp³-hybridized carbons (Fsp3) is 0.571. The first-order chi connectivity index (χ1) is 8.76. The molecule has 0 N–H and O–H groups in total. The summed E-state index contributed by atoms with van der Waals surface area (Å²) in [5.74, 6) is 0.645. The molecule has 0 aromatic heterocycles. The van der Waals surface area contributed by atoms with Gasteiger partial charge in [0, 0.05) is 17.3 Å². The summed E-state index contributed by atoms with van der Waals surface area (Å²) in [6, 6.07) is 8.00. The number of ether oxygens (including phenoxy) is 3. The summed E-state index contributed by atoms with van der Waals surface area (Å²) in [6.07, 6.45) is 4.15. The van der Waals surface area contributed by atoms with E-state index in [4.69, 9.17) is 14.2 Å². The van der Waals surface area contributed by atoms with Crippen molar-refractivity contribution in [3.8, 4) is 5.75 Å². The van der Waals surface area contributed by atoms with Crippen LogP contribution in [-0.4, -0.2) is 25.1 Å². The largest absolute Gasteiger partial charge is 0.490 e. The van der Waals surface area contributed by atoms with Crippen molar-refractivity contribution in [2.75, 3.05) is 13.2 Å². The Balaban J connectivity index is 1.55. The molecule has 1 heterocycles. The molecule has 3 rings (SSSR count). The summed E-state index contributed by atoms with van der Waals surface area (Å²) < 4.78 is 18.5. The van der Waals surface area contributed by atoms with Crippen LogP contribution < -0.4 is 4.74 Å². The maximum atomic E-state index is 5.98. The SMILES string of the molecule is Brc1ccc(OC2CCC3(CC2)OCCO3)cc1. The average molecular weight is 313 g/mol. The van der Waals surface area contributed by atoms with E-state index in [0.29, 0.717) is 0 Å². The number of halogens is 1. The van der Waals surface area contributed by atoms with Crippen LogP contribution in [0, 0.1) is 0 Å². The molecule has 1 aromatic carbocycles. The number of rotatable bonds is 2. The topological polar surface area (TPSA) is 27.7 Å². The molecule has 0 bridgehead atoms. The highest BCUT2D eigenvalue weighted by Gasteiger charge is 2.40. The van der Waals surface area contributed by atoms with Crippen molar-refractivity contribution in [3.05, 3.63) is 28.7 Å². The minimum absolute atomic E-state index is 0.282. The highest BCUT2D eigenvalue weighted by molar-refractivity contribution is 9.10. The van der Waals surface area contributed by atoms with E-state index in [1.54, 1.807) is 0 Å². The van der Waals surface area contributed by atoms with Gasteiger partial charge >= 0.3 is 0 Å². The van der Waals surface area contributed by atoms with Gasteiger partial charge in [0.1, 0.15) is 5.75 Å². The molecule has 0 radical (unpaired) electrons. The molecule has 0 unspecified atom stereocenters. The van der Waals surface area contributed by atoms with Crippen LogP contribution in [0.25, 0.3) is 0 Å². The summed E-state index contributed by atoms with van der Waals surface area (Å²) >= 11 is 3.42. The highest BCUT2D eigenvalue weighted by Crippen LogP contribution is 2.37. The second kappa shape index (κ2) is 5.19. The Bertz CT molecular complexity index is 388. The van der Waals surface area contributed by atoms with Gasteiger partial charge in [0.15, 0.2) is 5.79 Å². The molecule has 1 spiro atoms. The standard InChI is InChI=1S/C14H17BrO3/c15-11-1-3-12(4-2-11)18-13-5-7-14(8-6-13)16-9-10-17-14/h1-4,13H,5-10H2. The summed E-state index contributed by atoms with van der Waals surface area (Å²) in [5, 5.41) is 0. The zero-order chi connectivity index (χ0) is 12.4. The predicted octanol–water partition coefficient (Wildman–Crippen LogP) is 3.51. The first-order valence-electron chi connectivity index (χ1n) is 6.46. The molecule has 2 fully saturated rings. The predicted molar refractivity (Wildman–Crippen MR) is 71.7 cm³/mol. The molecule has 1 saturated heterocycles. The van der Waals surface area contributed by atoms with E-state index >= 15 is 0 Å². The second-order valence-electron chi connectivity index (χ2n) is 4.88. The maximum absolute atomic E-state index is 5.98. The van der Waals surface area contributed by atoms with Crippen molar-refractivity contribution < 1.29 is 14.2 Å². The van der Waals surface area contributed by atoms with Gasteiger partial charge < -0.3 is 14.2 Å². The molecule has 1 aliphatic carbocycles. The van der Waals surface area contributed by atoms with E-state index < -0.39 is 0 Å². The van der Waals surface area contributed by atoms with Gasteiger partial charge in [0.05, 0.1) is 19.3 Å². The van der Waals surface area contributed by atoms with Crippen molar-refractivity contribution in [3.63, 3.8) is 0 Å². The first-order valence-corrected chi connectivity index (χ1v) is 7.25. The fourth-order valence-corrected chi connectivity index (χ4v) is 2.90. The minimum Gasteiger partial charge on any atom is -0.490 e. The molecule has 2 aliphatic rings. The van der Waals surface area contributed by atoms with Gasteiger partial charge in [-0.15, -0.1) is 0 Å². The molecule has 0 amide bonds. The van der Waals surface area contributed by atoms with Gasteiger partial charge in [-0.3, -0.25) is 0 Å². The van der Waals surface area contributed by atoms with E-state index in [-0.39, 0.29) is 11.9 Å². The normalized spacial score (nSPS) is 23.4. The van der Waals surface area contributed by atoms with Crippen LogP contribution in [0.3, 0.4) is 0 Å². The lowest BCUT2D eigenvalue weighted by molar-refractivity contribution is -0.186. The monoisotopic (exact) mass is 312 g/mol.